The molecule has 1 aromatic carbocycles. The molecule has 0 heterocycles. The van der Waals surface area contributed by atoms with Crippen LogP contribution in [-0.2, 0) is 14.3 Å². The van der Waals surface area contributed by atoms with Crippen molar-refractivity contribution in [1.82, 2.24) is 0 Å². The number of aliphatic carboxylic acids is 1. The number of ether oxygens (including phenoxy) is 3. The first kappa shape index (κ1) is 12.8. The molecule has 0 aromatic heterocycles. The van der Waals surface area contributed by atoms with Gasteiger partial charge in [0.05, 0.1) is 7.11 Å². The molecule has 0 fully saturated rings. The minimum Gasteiger partial charge on any atom is -0.497 e. The fourth-order valence-corrected chi connectivity index (χ4v) is 1.05. The Balaban J connectivity index is 2.31. The lowest BCUT2D eigenvalue weighted by molar-refractivity contribution is -0.164. The Hall–Kier alpha value is -2.24. The first-order valence-corrected chi connectivity index (χ1v) is 4.80. The Morgan fingerprint density at radius 3 is 2.59 bits per heavy atom. The van der Waals surface area contributed by atoms with E-state index in [9.17, 15) is 9.59 Å². The number of benzene rings is 1. The SMILES string of the molecule is COc1cccc(OCCOC(=O)C(=O)O)c1. The molecule has 1 rings (SSSR count). The van der Waals surface area contributed by atoms with Crippen LogP contribution >= 0.6 is 0 Å². The zero-order chi connectivity index (χ0) is 12.7. The van der Waals surface area contributed by atoms with Crippen LogP contribution in [0, 0.1) is 0 Å². The normalized spacial score (nSPS) is 9.47. The zero-order valence-electron chi connectivity index (χ0n) is 9.21. The van der Waals surface area contributed by atoms with Crippen molar-refractivity contribution in [2.75, 3.05) is 20.3 Å². The van der Waals surface area contributed by atoms with Crippen molar-refractivity contribution in [2.24, 2.45) is 0 Å². The van der Waals surface area contributed by atoms with Crippen molar-refractivity contribution in [3.63, 3.8) is 0 Å². The highest BCUT2D eigenvalue weighted by molar-refractivity contribution is 6.28. The summed E-state index contributed by atoms with van der Waals surface area (Å²) < 4.78 is 14.6. The topological polar surface area (TPSA) is 82.1 Å². The number of rotatable bonds is 5. The van der Waals surface area contributed by atoms with E-state index in [2.05, 4.69) is 4.74 Å². The van der Waals surface area contributed by atoms with Gasteiger partial charge >= 0.3 is 11.9 Å². The second kappa shape index (κ2) is 6.37. The quantitative estimate of drug-likeness (QED) is 0.463. The molecule has 0 spiro atoms. The molecule has 0 saturated heterocycles. The average Bonchev–Trinajstić information content (AvgIpc) is 2.34. The maximum absolute atomic E-state index is 10.6. The fourth-order valence-electron chi connectivity index (χ4n) is 1.05. The number of methoxy groups -OCH3 is 1. The Bertz CT molecular complexity index is 401. The Kier molecular flexibility index (Phi) is 4.80. The predicted molar refractivity (Wildman–Crippen MR) is 57.1 cm³/mol. The second-order valence-electron chi connectivity index (χ2n) is 2.97. The van der Waals surface area contributed by atoms with E-state index >= 15 is 0 Å². The summed E-state index contributed by atoms with van der Waals surface area (Å²) in [4.78, 5) is 20.7. The van der Waals surface area contributed by atoms with Crippen LogP contribution in [0.15, 0.2) is 24.3 Å². The van der Waals surface area contributed by atoms with E-state index in [1.54, 1.807) is 24.3 Å². The minimum atomic E-state index is -1.62. The largest absolute Gasteiger partial charge is 0.497 e. The van der Waals surface area contributed by atoms with E-state index in [1.807, 2.05) is 0 Å². The summed E-state index contributed by atoms with van der Waals surface area (Å²) in [6.45, 7) is -0.0471. The van der Waals surface area contributed by atoms with Gasteiger partial charge in [-0.25, -0.2) is 9.59 Å². The van der Waals surface area contributed by atoms with Crippen molar-refractivity contribution >= 4 is 11.9 Å². The summed E-state index contributed by atoms with van der Waals surface area (Å²) in [6, 6.07) is 6.88. The van der Waals surface area contributed by atoms with Crippen molar-refractivity contribution in [2.45, 2.75) is 0 Å². The standard InChI is InChI=1S/C11H12O6/c1-15-8-3-2-4-9(7-8)16-5-6-17-11(14)10(12)13/h2-4,7H,5-6H2,1H3,(H,12,13). The van der Waals surface area contributed by atoms with Crippen molar-refractivity contribution in [1.29, 1.82) is 0 Å². The van der Waals surface area contributed by atoms with Gasteiger partial charge in [-0.15, -0.1) is 0 Å². The summed E-state index contributed by atoms with van der Waals surface area (Å²) in [6.07, 6.45) is 0. The summed E-state index contributed by atoms with van der Waals surface area (Å²) in [5.74, 6) is -1.72. The van der Waals surface area contributed by atoms with Crippen LogP contribution in [0.1, 0.15) is 0 Å². The number of carboxylic acid groups (broad SMARTS) is 1. The number of carboxylic acids is 1. The molecule has 0 saturated carbocycles. The van der Waals surface area contributed by atoms with E-state index in [-0.39, 0.29) is 13.2 Å². The molecular formula is C11H12O6. The zero-order valence-corrected chi connectivity index (χ0v) is 9.21. The first-order chi connectivity index (χ1) is 8.13. The second-order valence-corrected chi connectivity index (χ2v) is 2.97. The van der Waals surface area contributed by atoms with Gasteiger partial charge in [0, 0.05) is 6.07 Å². The molecule has 6 heteroatoms. The number of esters is 1. The maximum Gasteiger partial charge on any atom is 0.417 e. The molecule has 92 valence electrons. The summed E-state index contributed by atoms with van der Waals surface area (Å²) in [5, 5.41) is 8.23. The average molecular weight is 240 g/mol. The number of hydrogen-bond donors (Lipinski definition) is 1. The van der Waals surface area contributed by atoms with Gasteiger partial charge in [0.2, 0.25) is 0 Å². The molecule has 1 N–H and O–H groups in total. The van der Waals surface area contributed by atoms with Crippen molar-refractivity contribution in [3.05, 3.63) is 24.3 Å². The van der Waals surface area contributed by atoms with Gasteiger partial charge in [-0.1, -0.05) is 6.07 Å². The third-order valence-corrected chi connectivity index (χ3v) is 1.80. The van der Waals surface area contributed by atoms with Gasteiger partial charge in [-0.05, 0) is 12.1 Å². The molecule has 1 aromatic rings. The molecule has 6 nitrogen and oxygen atoms in total. The Morgan fingerprint density at radius 1 is 1.24 bits per heavy atom. The van der Waals surface area contributed by atoms with Gasteiger partial charge in [0.25, 0.3) is 0 Å². The number of hydrogen-bond acceptors (Lipinski definition) is 5. The first-order valence-electron chi connectivity index (χ1n) is 4.80. The van der Waals surface area contributed by atoms with E-state index in [1.165, 1.54) is 7.11 Å². The lowest BCUT2D eigenvalue weighted by Crippen LogP contribution is -2.19. The Labute approximate surface area is 97.7 Å². The van der Waals surface area contributed by atoms with Crippen LogP contribution in [-0.4, -0.2) is 37.4 Å². The fraction of sp³-hybridized carbons (Fsp3) is 0.273. The van der Waals surface area contributed by atoms with Gasteiger partial charge < -0.3 is 19.3 Å². The van der Waals surface area contributed by atoms with Gasteiger partial charge in [0.1, 0.15) is 24.7 Å². The number of carbonyl (C=O) groups excluding carboxylic acids is 1. The van der Waals surface area contributed by atoms with Crippen LogP contribution in [0.4, 0.5) is 0 Å². The molecule has 0 bridgehead atoms. The highest BCUT2D eigenvalue weighted by Gasteiger charge is 2.11. The molecule has 17 heavy (non-hydrogen) atoms. The lowest BCUT2D eigenvalue weighted by atomic mass is 10.3. The molecule has 0 atom stereocenters. The van der Waals surface area contributed by atoms with Gasteiger partial charge in [-0.2, -0.15) is 0 Å². The maximum atomic E-state index is 10.6. The molecule has 0 unspecified atom stereocenters. The van der Waals surface area contributed by atoms with Crippen LogP contribution in [0.2, 0.25) is 0 Å². The van der Waals surface area contributed by atoms with Crippen molar-refractivity contribution in [3.8, 4) is 11.5 Å². The van der Waals surface area contributed by atoms with Crippen LogP contribution in [0.3, 0.4) is 0 Å². The molecule has 0 amide bonds. The van der Waals surface area contributed by atoms with Crippen LogP contribution in [0.25, 0.3) is 0 Å². The summed E-state index contributed by atoms with van der Waals surface area (Å²) >= 11 is 0. The third-order valence-electron chi connectivity index (χ3n) is 1.80. The van der Waals surface area contributed by atoms with Crippen LogP contribution < -0.4 is 9.47 Å². The Morgan fingerprint density at radius 2 is 1.94 bits per heavy atom. The van der Waals surface area contributed by atoms with Gasteiger partial charge in [0.15, 0.2) is 0 Å². The third kappa shape index (κ3) is 4.42. The molecular weight excluding hydrogens is 228 g/mol. The lowest BCUT2D eigenvalue weighted by Gasteiger charge is -2.07. The van der Waals surface area contributed by atoms with E-state index in [4.69, 9.17) is 14.6 Å². The molecule has 0 aliphatic carbocycles. The monoisotopic (exact) mass is 240 g/mol. The summed E-state index contributed by atoms with van der Waals surface area (Å²) in [5.41, 5.74) is 0. The van der Waals surface area contributed by atoms with E-state index < -0.39 is 11.9 Å². The van der Waals surface area contributed by atoms with Gasteiger partial charge in [-0.3, -0.25) is 0 Å². The molecule has 0 aliphatic rings. The van der Waals surface area contributed by atoms with Crippen molar-refractivity contribution < 1.29 is 28.9 Å². The smallest absolute Gasteiger partial charge is 0.417 e. The van der Waals surface area contributed by atoms with E-state index in [0.29, 0.717) is 11.5 Å². The highest BCUT2D eigenvalue weighted by Crippen LogP contribution is 2.18. The number of carbonyl (C=O) groups is 2. The predicted octanol–water partition coefficient (Wildman–Crippen LogP) is 0.702. The highest BCUT2D eigenvalue weighted by atomic mass is 16.6. The summed E-state index contributed by atoms with van der Waals surface area (Å²) in [7, 11) is 1.54. The van der Waals surface area contributed by atoms with E-state index in [0.717, 1.165) is 0 Å². The minimum absolute atomic E-state index is 0.0756. The molecule has 0 radical (unpaired) electrons. The van der Waals surface area contributed by atoms with Crippen LogP contribution in [0.5, 0.6) is 11.5 Å². The molecule has 0 aliphatic heterocycles.